The lowest BCUT2D eigenvalue weighted by atomic mass is 9.86. The van der Waals surface area contributed by atoms with Gasteiger partial charge in [-0.15, -0.1) is 0 Å². The molecule has 0 heterocycles. The van der Waals surface area contributed by atoms with Crippen molar-refractivity contribution in [1.29, 1.82) is 0 Å². The van der Waals surface area contributed by atoms with E-state index in [1.165, 1.54) is 31.2 Å². The lowest BCUT2D eigenvalue weighted by Crippen LogP contribution is -2.31. The zero-order valence-electron chi connectivity index (χ0n) is 11.9. The first-order valence-electron chi connectivity index (χ1n) is 7.46. The summed E-state index contributed by atoms with van der Waals surface area (Å²) < 4.78 is 5.44. The van der Waals surface area contributed by atoms with Crippen molar-refractivity contribution >= 4 is 0 Å². The van der Waals surface area contributed by atoms with Gasteiger partial charge < -0.3 is 15.8 Å². The lowest BCUT2D eigenvalue weighted by molar-refractivity contribution is 0.314. The quantitative estimate of drug-likeness (QED) is 0.828. The Labute approximate surface area is 116 Å². The second kappa shape index (κ2) is 7.51. The molecule has 0 atom stereocenters. The minimum absolute atomic E-state index is 0.447. The van der Waals surface area contributed by atoms with Crippen LogP contribution in [0.25, 0.3) is 0 Å². The van der Waals surface area contributed by atoms with Crippen LogP contribution in [-0.2, 0) is 6.54 Å². The highest BCUT2D eigenvalue weighted by Gasteiger charge is 2.17. The van der Waals surface area contributed by atoms with Gasteiger partial charge in [0.25, 0.3) is 0 Å². The van der Waals surface area contributed by atoms with E-state index in [0.29, 0.717) is 6.04 Å². The predicted molar refractivity (Wildman–Crippen MR) is 79.3 cm³/mol. The third-order valence-electron chi connectivity index (χ3n) is 3.89. The first-order valence-corrected chi connectivity index (χ1v) is 7.46. The van der Waals surface area contributed by atoms with Gasteiger partial charge in [-0.3, -0.25) is 0 Å². The van der Waals surface area contributed by atoms with Gasteiger partial charge in [-0.2, -0.15) is 0 Å². The molecule has 0 radical (unpaired) electrons. The van der Waals surface area contributed by atoms with E-state index in [4.69, 9.17) is 10.5 Å². The Hall–Kier alpha value is -1.06. The lowest BCUT2D eigenvalue weighted by Gasteiger charge is -2.26. The molecular weight excluding hydrogens is 236 g/mol. The van der Waals surface area contributed by atoms with Crippen LogP contribution in [0.4, 0.5) is 0 Å². The van der Waals surface area contributed by atoms with Crippen LogP contribution in [0, 0.1) is 5.92 Å². The van der Waals surface area contributed by atoms with Crippen molar-refractivity contribution in [3.05, 3.63) is 29.8 Å². The van der Waals surface area contributed by atoms with E-state index in [1.54, 1.807) is 0 Å². The summed E-state index contributed by atoms with van der Waals surface area (Å²) in [7, 11) is 0. The van der Waals surface area contributed by atoms with Crippen molar-refractivity contribution in [3.63, 3.8) is 0 Å². The van der Waals surface area contributed by atoms with Crippen LogP contribution in [0.5, 0.6) is 5.75 Å². The fourth-order valence-corrected chi connectivity index (χ4v) is 2.68. The summed E-state index contributed by atoms with van der Waals surface area (Å²) in [5, 5.41) is 3.56. The molecular formula is C16H26N2O. The van der Waals surface area contributed by atoms with E-state index in [0.717, 1.165) is 31.4 Å². The number of rotatable bonds is 6. The molecule has 106 valence electrons. The van der Waals surface area contributed by atoms with E-state index < -0.39 is 0 Å². The number of nitrogens with two attached hydrogens (primary N) is 1. The fourth-order valence-electron chi connectivity index (χ4n) is 2.68. The van der Waals surface area contributed by atoms with Crippen molar-refractivity contribution in [2.75, 3.05) is 13.2 Å². The van der Waals surface area contributed by atoms with Crippen molar-refractivity contribution < 1.29 is 4.74 Å². The van der Waals surface area contributed by atoms with Crippen LogP contribution in [0.1, 0.15) is 38.2 Å². The maximum Gasteiger partial charge on any atom is 0.119 e. The summed E-state index contributed by atoms with van der Waals surface area (Å²) in [6, 6.07) is 8.80. The highest BCUT2D eigenvalue weighted by atomic mass is 16.5. The van der Waals surface area contributed by atoms with E-state index in [2.05, 4.69) is 17.4 Å². The number of nitrogens with one attached hydrogen (secondary N) is 1. The molecule has 0 spiro atoms. The van der Waals surface area contributed by atoms with Gasteiger partial charge >= 0.3 is 0 Å². The van der Waals surface area contributed by atoms with Gasteiger partial charge in [-0.05, 0) is 62.8 Å². The molecule has 1 aromatic rings. The van der Waals surface area contributed by atoms with Crippen molar-refractivity contribution in [2.45, 2.75) is 45.2 Å². The molecule has 3 heteroatoms. The number of ether oxygens (including phenoxy) is 1. The Balaban J connectivity index is 1.67. The number of hydrogen-bond acceptors (Lipinski definition) is 3. The highest BCUT2D eigenvalue weighted by Crippen LogP contribution is 2.22. The topological polar surface area (TPSA) is 47.3 Å². The van der Waals surface area contributed by atoms with E-state index >= 15 is 0 Å². The Bertz CT molecular complexity index is 356. The molecule has 1 aliphatic carbocycles. The smallest absolute Gasteiger partial charge is 0.119 e. The maximum absolute atomic E-state index is 5.92. The van der Waals surface area contributed by atoms with Crippen LogP contribution in [0.2, 0.25) is 0 Å². The minimum atomic E-state index is 0.447. The van der Waals surface area contributed by atoms with Crippen LogP contribution in [0.3, 0.4) is 0 Å². The van der Waals surface area contributed by atoms with Crippen LogP contribution in [-0.4, -0.2) is 19.2 Å². The Morgan fingerprint density at radius 2 is 1.84 bits per heavy atom. The van der Waals surface area contributed by atoms with Gasteiger partial charge in [0.15, 0.2) is 0 Å². The average Bonchev–Trinajstić information content (AvgIpc) is 2.43. The fraction of sp³-hybridized carbons (Fsp3) is 0.625. The second-order valence-corrected chi connectivity index (χ2v) is 5.49. The third-order valence-corrected chi connectivity index (χ3v) is 3.89. The summed E-state index contributed by atoms with van der Waals surface area (Å²) in [6.07, 6.45) is 4.93. The van der Waals surface area contributed by atoms with Gasteiger partial charge in [0.2, 0.25) is 0 Å². The molecule has 0 unspecified atom stereocenters. The van der Waals surface area contributed by atoms with E-state index in [9.17, 15) is 0 Å². The Morgan fingerprint density at radius 3 is 2.47 bits per heavy atom. The third kappa shape index (κ3) is 4.84. The molecule has 3 N–H and O–H groups in total. The molecule has 0 bridgehead atoms. The summed E-state index contributed by atoms with van der Waals surface area (Å²) in [5.41, 5.74) is 7.24. The molecule has 1 fully saturated rings. The van der Waals surface area contributed by atoms with E-state index in [-0.39, 0.29) is 0 Å². The molecule has 19 heavy (non-hydrogen) atoms. The molecule has 0 aliphatic heterocycles. The molecule has 0 saturated heterocycles. The van der Waals surface area contributed by atoms with Crippen molar-refractivity contribution in [1.82, 2.24) is 5.32 Å². The van der Waals surface area contributed by atoms with Gasteiger partial charge in [-0.25, -0.2) is 0 Å². The molecule has 1 aromatic carbocycles. The monoisotopic (exact) mass is 262 g/mol. The molecule has 0 amide bonds. The second-order valence-electron chi connectivity index (χ2n) is 5.49. The number of benzene rings is 1. The first kappa shape index (κ1) is 14.4. The highest BCUT2D eigenvalue weighted by molar-refractivity contribution is 5.27. The largest absolute Gasteiger partial charge is 0.494 e. The van der Waals surface area contributed by atoms with Gasteiger partial charge in [-0.1, -0.05) is 12.1 Å². The van der Waals surface area contributed by atoms with Gasteiger partial charge in [0.1, 0.15) is 5.75 Å². The zero-order chi connectivity index (χ0) is 13.5. The number of hydrogen-bond donors (Lipinski definition) is 2. The van der Waals surface area contributed by atoms with Gasteiger partial charge in [0, 0.05) is 12.6 Å². The van der Waals surface area contributed by atoms with Crippen molar-refractivity contribution in [2.24, 2.45) is 11.7 Å². The standard InChI is InChI=1S/C16H26N2O/c1-2-19-16-9-5-14(6-10-16)12-18-11-13-3-7-15(17)8-4-13/h5-6,9-10,13,15,18H,2-4,7-8,11-12,17H2,1H3. The van der Waals surface area contributed by atoms with Crippen LogP contribution >= 0.6 is 0 Å². The summed E-state index contributed by atoms with van der Waals surface area (Å²) in [6.45, 7) is 4.78. The summed E-state index contributed by atoms with van der Waals surface area (Å²) in [4.78, 5) is 0. The molecule has 3 nitrogen and oxygen atoms in total. The summed E-state index contributed by atoms with van der Waals surface area (Å²) in [5.74, 6) is 1.76. The molecule has 2 rings (SSSR count). The predicted octanol–water partition coefficient (Wildman–Crippen LogP) is 2.69. The normalized spacial score (nSPS) is 23.3. The SMILES string of the molecule is CCOc1ccc(CNCC2CCC(N)CC2)cc1. The molecule has 1 saturated carbocycles. The Kier molecular flexibility index (Phi) is 5.67. The van der Waals surface area contributed by atoms with Crippen LogP contribution < -0.4 is 15.8 Å². The molecule has 1 aliphatic rings. The van der Waals surface area contributed by atoms with Crippen LogP contribution in [0.15, 0.2) is 24.3 Å². The Morgan fingerprint density at radius 1 is 1.16 bits per heavy atom. The maximum atomic E-state index is 5.92. The van der Waals surface area contributed by atoms with E-state index in [1.807, 2.05) is 19.1 Å². The zero-order valence-corrected chi connectivity index (χ0v) is 11.9. The first-order chi connectivity index (χ1) is 9.28. The minimum Gasteiger partial charge on any atom is -0.494 e. The average molecular weight is 262 g/mol. The summed E-state index contributed by atoms with van der Waals surface area (Å²) >= 11 is 0. The van der Waals surface area contributed by atoms with Crippen molar-refractivity contribution in [3.8, 4) is 5.75 Å². The molecule has 0 aromatic heterocycles. The van der Waals surface area contributed by atoms with Gasteiger partial charge in [0.05, 0.1) is 6.61 Å².